The lowest BCUT2D eigenvalue weighted by molar-refractivity contribution is -0.136. The van der Waals surface area contributed by atoms with E-state index in [0.29, 0.717) is 24.7 Å². The highest BCUT2D eigenvalue weighted by atomic mass is 16.2. The lowest BCUT2D eigenvalue weighted by atomic mass is 9.67. The first-order valence-electron chi connectivity index (χ1n) is 10.5. The molecule has 1 aliphatic heterocycles. The lowest BCUT2D eigenvalue weighted by Gasteiger charge is -2.40. The maximum atomic E-state index is 13.0. The van der Waals surface area contributed by atoms with Crippen LogP contribution in [0.4, 0.5) is 4.79 Å². The fourth-order valence-electron chi connectivity index (χ4n) is 5.12. The van der Waals surface area contributed by atoms with Crippen molar-refractivity contribution in [2.75, 3.05) is 6.54 Å². The largest absolute Gasteiger partial charge is 0.352 e. The molecule has 2 aliphatic carbocycles. The number of hydrogen-bond acceptors (Lipinski definition) is 3. The number of hydrogen-bond donors (Lipinski definition) is 2. The van der Waals surface area contributed by atoms with Gasteiger partial charge >= 0.3 is 6.03 Å². The van der Waals surface area contributed by atoms with Gasteiger partial charge in [0.2, 0.25) is 5.91 Å². The van der Waals surface area contributed by atoms with E-state index in [1.54, 1.807) is 0 Å². The van der Waals surface area contributed by atoms with Crippen LogP contribution in [0.15, 0.2) is 0 Å². The van der Waals surface area contributed by atoms with Gasteiger partial charge < -0.3 is 10.6 Å². The third kappa shape index (κ3) is 4.30. The normalized spacial score (nSPS) is 34.7. The molecule has 0 aromatic carbocycles. The highest BCUT2D eigenvalue weighted by molar-refractivity contribution is 6.09. The van der Waals surface area contributed by atoms with E-state index >= 15 is 0 Å². The maximum absolute atomic E-state index is 13.0. The Morgan fingerprint density at radius 3 is 2.44 bits per heavy atom. The third-order valence-electron chi connectivity index (χ3n) is 6.91. The number of rotatable bonds is 3. The summed E-state index contributed by atoms with van der Waals surface area (Å²) in [4.78, 5) is 39.0. The van der Waals surface area contributed by atoms with E-state index in [4.69, 9.17) is 0 Å². The Morgan fingerprint density at radius 2 is 1.85 bits per heavy atom. The quantitative estimate of drug-likeness (QED) is 0.741. The van der Waals surface area contributed by atoms with Gasteiger partial charge in [-0.2, -0.15) is 0 Å². The van der Waals surface area contributed by atoms with Crippen molar-refractivity contribution in [2.45, 2.75) is 90.6 Å². The van der Waals surface area contributed by atoms with E-state index < -0.39 is 11.6 Å². The number of urea groups is 1. The predicted molar refractivity (Wildman–Crippen MR) is 104 cm³/mol. The van der Waals surface area contributed by atoms with Crippen LogP contribution < -0.4 is 10.6 Å². The van der Waals surface area contributed by atoms with Gasteiger partial charge in [0.15, 0.2) is 0 Å². The molecule has 1 saturated heterocycles. The van der Waals surface area contributed by atoms with Crippen LogP contribution in [0.2, 0.25) is 0 Å². The minimum Gasteiger partial charge on any atom is -0.352 e. The second-order valence-electron chi connectivity index (χ2n) is 10.1. The third-order valence-corrected chi connectivity index (χ3v) is 6.91. The van der Waals surface area contributed by atoms with Gasteiger partial charge in [0, 0.05) is 6.04 Å². The summed E-state index contributed by atoms with van der Waals surface area (Å²) in [5.74, 6) is 0.727. The molecule has 2 unspecified atom stereocenters. The van der Waals surface area contributed by atoms with Crippen LogP contribution in [-0.4, -0.2) is 40.9 Å². The standard InChI is InChI=1S/C21H35N3O3/c1-14-6-5-7-16(12-14)22-17(25)13-24-18(26)21(23-19(24)27)10-8-15(9-11-21)20(2,3)4/h14-16H,5-13H2,1-4H3,(H,22,25)(H,23,27). The Hall–Kier alpha value is -1.59. The highest BCUT2D eigenvalue weighted by Crippen LogP contribution is 2.43. The van der Waals surface area contributed by atoms with E-state index in [2.05, 4.69) is 38.3 Å². The van der Waals surface area contributed by atoms with Crippen molar-refractivity contribution in [3.63, 3.8) is 0 Å². The number of carbonyl (C=O) groups is 3. The van der Waals surface area contributed by atoms with Crippen molar-refractivity contribution in [3.05, 3.63) is 0 Å². The molecule has 6 heteroatoms. The lowest BCUT2D eigenvalue weighted by Crippen LogP contribution is -2.51. The number of nitrogens with zero attached hydrogens (tertiary/aromatic N) is 1. The molecule has 2 saturated carbocycles. The molecule has 27 heavy (non-hydrogen) atoms. The van der Waals surface area contributed by atoms with Crippen molar-refractivity contribution in [1.29, 1.82) is 0 Å². The Morgan fingerprint density at radius 1 is 1.19 bits per heavy atom. The predicted octanol–water partition coefficient (Wildman–Crippen LogP) is 3.21. The molecule has 2 atom stereocenters. The molecule has 0 aromatic heterocycles. The average Bonchev–Trinajstić information content (AvgIpc) is 2.79. The van der Waals surface area contributed by atoms with E-state index in [0.717, 1.165) is 37.0 Å². The van der Waals surface area contributed by atoms with Gasteiger partial charge in [-0.1, -0.05) is 40.5 Å². The van der Waals surface area contributed by atoms with Crippen molar-refractivity contribution in [2.24, 2.45) is 17.3 Å². The van der Waals surface area contributed by atoms with Crippen LogP contribution in [0.1, 0.15) is 79.1 Å². The molecule has 3 fully saturated rings. The van der Waals surface area contributed by atoms with Gasteiger partial charge in [-0.25, -0.2) is 4.79 Å². The van der Waals surface area contributed by atoms with Gasteiger partial charge in [0.1, 0.15) is 12.1 Å². The Kier molecular flexibility index (Phi) is 5.55. The van der Waals surface area contributed by atoms with E-state index in [1.807, 2.05) is 0 Å². The SMILES string of the molecule is CC1CCCC(NC(=O)CN2C(=O)NC3(CCC(C(C)(C)C)CC3)C2=O)C1. The Balaban J connectivity index is 1.57. The molecular weight excluding hydrogens is 342 g/mol. The number of amides is 4. The minimum absolute atomic E-state index is 0.165. The van der Waals surface area contributed by atoms with Crippen molar-refractivity contribution in [1.82, 2.24) is 15.5 Å². The molecule has 3 aliphatic rings. The van der Waals surface area contributed by atoms with Gasteiger partial charge in [-0.05, 0) is 55.8 Å². The van der Waals surface area contributed by atoms with Crippen molar-refractivity contribution < 1.29 is 14.4 Å². The summed E-state index contributed by atoms with van der Waals surface area (Å²) in [6.45, 7) is 8.72. The second kappa shape index (κ2) is 7.44. The average molecular weight is 378 g/mol. The molecule has 6 nitrogen and oxygen atoms in total. The molecule has 0 bridgehead atoms. The molecule has 3 rings (SSSR count). The first-order chi connectivity index (χ1) is 12.6. The summed E-state index contributed by atoms with van der Waals surface area (Å²) >= 11 is 0. The van der Waals surface area contributed by atoms with E-state index in [1.165, 1.54) is 6.42 Å². The summed E-state index contributed by atoms with van der Waals surface area (Å²) in [5, 5.41) is 5.94. The van der Waals surface area contributed by atoms with Crippen LogP contribution in [0.25, 0.3) is 0 Å². The molecule has 0 radical (unpaired) electrons. The molecule has 152 valence electrons. The molecule has 4 amide bonds. The highest BCUT2D eigenvalue weighted by Gasteiger charge is 2.53. The van der Waals surface area contributed by atoms with Gasteiger partial charge in [-0.3, -0.25) is 14.5 Å². The van der Waals surface area contributed by atoms with E-state index in [-0.39, 0.29) is 29.8 Å². The van der Waals surface area contributed by atoms with E-state index in [9.17, 15) is 14.4 Å². The maximum Gasteiger partial charge on any atom is 0.325 e. The van der Waals surface area contributed by atoms with Crippen LogP contribution in [-0.2, 0) is 9.59 Å². The zero-order valence-electron chi connectivity index (χ0n) is 17.3. The van der Waals surface area contributed by atoms with Crippen LogP contribution >= 0.6 is 0 Å². The molecular formula is C21H35N3O3. The number of imide groups is 1. The first kappa shape index (κ1) is 20.2. The van der Waals surface area contributed by atoms with Crippen molar-refractivity contribution >= 4 is 17.8 Å². The van der Waals surface area contributed by atoms with Gasteiger partial charge in [0.05, 0.1) is 0 Å². The summed E-state index contributed by atoms with van der Waals surface area (Å²) in [6, 6.07) is -0.250. The number of nitrogens with one attached hydrogen (secondary N) is 2. The Bertz CT molecular complexity index is 602. The number of carbonyl (C=O) groups excluding carboxylic acids is 3. The minimum atomic E-state index is -0.793. The molecule has 1 heterocycles. The summed E-state index contributed by atoms with van der Waals surface area (Å²) in [7, 11) is 0. The molecule has 1 spiro atoms. The fraction of sp³-hybridized carbons (Fsp3) is 0.857. The topological polar surface area (TPSA) is 78.5 Å². The zero-order chi connectivity index (χ0) is 19.8. The van der Waals surface area contributed by atoms with Gasteiger partial charge in [-0.15, -0.1) is 0 Å². The van der Waals surface area contributed by atoms with Gasteiger partial charge in [0.25, 0.3) is 5.91 Å². The summed E-state index contributed by atoms with van der Waals surface area (Å²) in [6.07, 6.45) is 7.46. The molecule has 2 N–H and O–H groups in total. The second-order valence-corrected chi connectivity index (χ2v) is 10.1. The van der Waals surface area contributed by atoms with Crippen LogP contribution in [0, 0.1) is 17.3 Å². The van der Waals surface area contributed by atoms with Crippen LogP contribution in [0.3, 0.4) is 0 Å². The summed E-state index contributed by atoms with van der Waals surface area (Å²) < 4.78 is 0. The smallest absolute Gasteiger partial charge is 0.325 e. The zero-order valence-corrected chi connectivity index (χ0v) is 17.3. The van der Waals surface area contributed by atoms with Crippen LogP contribution in [0.5, 0.6) is 0 Å². The summed E-state index contributed by atoms with van der Waals surface area (Å²) in [5.41, 5.74) is -0.581. The van der Waals surface area contributed by atoms with Crippen molar-refractivity contribution in [3.8, 4) is 0 Å². The Labute approximate surface area is 162 Å². The monoisotopic (exact) mass is 377 g/mol. The fourth-order valence-corrected chi connectivity index (χ4v) is 5.12. The molecule has 0 aromatic rings. The first-order valence-corrected chi connectivity index (χ1v) is 10.5.